The van der Waals surface area contributed by atoms with Crippen LogP contribution in [0.2, 0.25) is 0 Å². The fourth-order valence-electron chi connectivity index (χ4n) is 1.17. The van der Waals surface area contributed by atoms with Gasteiger partial charge in [0.05, 0.1) is 10.4 Å². The summed E-state index contributed by atoms with van der Waals surface area (Å²) in [5.74, 6) is 0. The summed E-state index contributed by atoms with van der Waals surface area (Å²) in [6, 6.07) is 3.37. The van der Waals surface area contributed by atoms with Crippen LogP contribution in [0.1, 0.15) is 11.1 Å². The van der Waals surface area contributed by atoms with Crippen molar-refractivity contribution in [3.8, 4) is 0 Å². The average Bonchev–Trinajstić information content (AvgIpc) is 2.11. The van der Waals surface area contributed by atoms with Crippen LogP contribution in [0, 0.1) is 24.0 Å². The van der Waals surface area contributed by atoms with Crippen LogP contribution in [-0.2, 0) is 0 Å². The number of hydrogen-bond donors (Lipinski definition) is 1. The molecule has 14 heavy (non-hydrogen) atoms. The molecule has 76 valence electrons. The summed E-state index contributed by atoms with van der Waals surface area (Å²) in [7, 11) is 0. The van der Waals surface area contributed by atoms with Crippen LogP contribution in [-0.4, -0.2) is 10.4 Å². The molecule has 1 aromatic carbocycles. The molecule has 0 aliphatic carbocycles. The molecule has 5 heteroatoms. The molecule has 0 spiro atoms. The Morgan fingerprint density at radius 2 is 2.00 bits per heavy atom. The molecule has 0 unspecified atom stereocenters. The topological polar surface area (TPSA) is 55.2 Å². The molecule has 1 rings (SSSR count). The predicted octanol–water partition coefficient (Wildman–Crippen LogP) is 2.98. The maximum absolute atomic E-state index is 10.7. The Morgan fingerprint density at radius 3 is 2.50 bits per heavy atom. The molecule has 1 aromatic rings. The third kappa shape index (κ3) is 2.23. The second-order valence-corrected chi connectivity index (χ2v) is 3.58. The number of halogens is 1. The van der Waals surface area contributed by atoms with Gasteiger partial charge in [0.1, 0.15) is 5.69 Å². The van der Waals surface area contributed by atoms with Crippen molar-refractivity contribution in [2.24, 2.45) is 0 Å². The number of alkyl halides is 1. The highest BCUT2D eigenvalue weighted by Crippen LogP contribution is 2.27. The summed E-state index contributed by atoms with van der Waals surface area (Å²) < 4.78 is 0. The molecule has 0 aromatic heterocycles. The first-order chi connectivity index (χ1) is 6.56. The van der Waals surface area contributed by atoms with E-state index in [-0.39, 0.29) is 10.6 Å². The van der Waals surface area contributed by atoms with Gasteiger partial charge >= 0.3 is 0 Å². The number of aryl methyl sites for hydroxylation is 2. The van der Waals surface area contributed by atoms with E-state index in [1.165, 1.54) is 0 Å². The third-order valence-electron chi connectivity index (χ3n) is 2.07. The molecule has 0 fully saturated rings. The fraction of sp³-hybridized carbons (Fsp3) is 0.333. The van der Waals surface area contributed by atoms with Crippen molar-refractivity contribution >= 4 is 27.3 Å². The van der Waals surface area contributed by atoms with E-state index in [1.807, 2.05) is 13.8 Å². The molecule has 0 amide bonds. The summed E-state index contributed by atoms with van der Waals surface area (Å²) in [5, 5.41) is 13.6. The van der Waals surface area contributed by atoms with Crippen molar-refractivity contribution in [3.05, 3.63) is 33.4 Å². The number of rotatable bonds is 3. The van der Waals surface area contributed by atoms with Crippen LogP contribution in [0.5, 0.6) is 0 Å². The molecule has 4 nitrogen and oxygen atoms in total. The minimum absolute atomic E-state index is 0.118. The van der Waals surface area contributed by atoms with E-state index < -0.39 is 0 Å². The van der Waals surface area contributed by atoms with Crippen LogP contribution in [0.4, 0.5) is 11.4 Å². The molecule has 0 bridgehead atoms. The Labute approximate surface area is 90.6 Å². The van der Waals surface area contributed by atoms with Crippen molar-refractivity contribution in [3.63, 3.8) is 0 Å². The van der Waals surface area contributed by atoms with Crippen molar-refractivity contribution in [1.82, 2.24) is 0 Å². The monoisotopic (exact) mass is 258 g/mol. The SMILES string of the molecule is Cc1cc(NCBr)c([N+](=O)[O-])cc1C. The lowest BCUT2D eigenvalue weighted by Crippen LogP contribution is -2.00. The number of anilines is 1. The van der Waals surface area contributed by atoms with Gasteiger partial charge in [-0.25, -0.2) is 0 Å². The van der Waals surface area contributed by atoms with Gasteiger partial charge in [0.2, 0.25) is 0 Å². The second kappa shape index (κ2) is 4.41. The van der Waals surface area contributed by atoms with Gasteiger partial charge < -0.3 is 5.32 Å². The van der Waals surface area contributed by atoms with Gasteiger partial charge in [-0.05, 0) is 31.0 Å². The zero-order valence-electron chi connectivity index (χ0n) is 8.00. The fourth-order valence-corrected chi connectivity index (χ4v) is 1.47. The average molecular weight is 259 g/mol. The van der Waals surface area contributed by atoms with E-state index in [9.17, 15) is 10.1 Å². The molecule has 0 saturated heterocycles. The molecule has 0 atom stereocenters. The van der Waals surface area contributed by atoms with E-state index in [4.69, 9.17) is 0 Å². The normalized spacial score (nSPS) is 9.93. The number of nitro groups is 1. The van der Waals surface area contributed by atoms with Gasteiger partial charge in [0.25, 0.3) is 5.69 Å². The summed E-state index contributed by atoms with van der Waals surface area (Å²) in [6.45, 7) is 3.79. The van der Waals surface area contributed by atoms with Gasteiger partial charge in [0.15, 0.2) is 0 Å². The highest BCUT2D eigenvalue weighted by Gasteiger charge is 2.14. The lowest BCUT2D eigenvalue weighted by atomic mass is 10.1. The first-order valence-electron chi connectivity index (χ1n) is 4.11. The number of hydrogen-bond acceptors (Lipinski definition) is 3. The Bertz CT molecular complexity index is 366. The quantitative estimate of drug-likeness (QED) is 0.393. The second-order valence-electron chi connectivity index (χ2n) is 3.02. The molecular formula is C9H11BrN2O2. The molecule has 0 aliphatic rings. The van der Waals surface area contributed by atoms with E-state index in [0.29, 0.717) is 11.1 Å². The van der Waals surface area contributed by atoms with Gasteiger partial charge in [-0.1, -0.05) is 15.9 Å². The van der Waals surface area contributed by atoms with Gasteiger partial charge in [0, 0.05) is 6.07 Å². The zero-order valence-corrected chi connectivity index (χ0v) is 9.59. The lowest BCUT2D eigenvalue weighted by Gasteiger charge is -2.06. The first kappa shape index (κ1) is 11.0. The van der Waals surface area contributed by atoms with E-state index in [0.717, 1.165) is 11.1 Å². The number of nitrogens with one attached hydrogen (secondary N) is 1. The predicted molar refractivity (Wildman–Crippen MR) is 60.0 cm³/mol. The van der Waals surface area contributed by atoms with Crippen molar-refractivity contribution in [2.45, 2.75) is 13.8 Å². The van der Waals surface area contributed by atoms with E-state index in [1.54, 1.807) is 12.1 Å². The third-order valence-corrected chi connectivity index (χ3v) is 2.35. The molecule has 0 radical (unpaired) electrons. The minimum atomic E-state index is -0.378. The lowest BCUT2D eigenvalue weighted by molar-refractivity contribution is -0.384. The highest BCUT2D eigenvalue weighted by atomic mass is 79.9. The molecule has 0 heterocycles. The van der Waals surface area contributed by atoms with Gasteiger partial charge in [-0.15, -0.1) is 0 Å². The van der Waals surface area contributed by atoms with Crippen LogP contribution < -0.4 is 5.32 Å². The van der Waals surface area contributed by atoms with Crippen LogP contribution in [0.15, 0.2) is 12.1 Å². The van der Waals surface area contributed by atoms with Crippen molar-refractivity contribution in [1.29, 1.82) is 0 Å². The maximum atomic E-state index is 10.7. The Kier molecular flexibility index (Phi) is 3.46. The Balaban J connectivity index is 3.24. The molecule has 1 N–H and O–H groups in total. The first-order valence-corrected chi connectivity index (χ1v) is 5.24. The summed E-state index contributed by atoms with van der Waals surface area (Å²) >= 11 is 3.18. The summed E-state index contributed by atoms with van der Waals surface area (Å²) in [6.07, 6.45) is 0. The molecular weight excluding hydrogens is 248 g/mol. The largest absolute Gasteiger partial charge is 0.370 e. The van der Waals surface area contributed by atoms with E-state index in [2.05, 4.69) is 21.2 Å². The summed E-state index contributed by atoms with van der Waals surface area (Å²) in [4.78, 5) is 10.3. The van der Waals surface area contributed by atoms with Gasteiger partial charge in [-0.3, -0.25) is 10.1 Å². The Morgan fingerprint density at radius 1 is 1.43 bits per heavy atom. The Hall–Kier alpha value is -1.10. The maximum Gasteiger partial charge on any atom is 0.292 e. The number of benzene rings is 1. The standard InChI is InChI=1S/C9H11BrN2O2/c1-6-3-8(11-5-10)9(12(13)14)4-7(6)2/h3-4,11H,5H2,1-2H3. The van der Waals surface area contributed by atoms with Crippen molar-refractivity contribution < 1.29 is 4.92 Å². The molecule has 0 saturated carbocycles. The van der Waals surface area contributed by atoms with Crippen LogP contribution >= 0.6 is 15.9 Å². The highest BCUT2D eigenvalue weighted by molar-refractivity contribution is 9.09. The van der Waals surface area contributed by atoms with Crippen molar-refractivity contribution in [2.75, 3.05) is 10.8 Å². The number of nitrogens with zero attached hydrogens (tertiary/aromatic N) is 1. The summed E-state index contributed by atoms with van der Waals surface area (Å²) in [5.41, 5.74) is 3.13. The number of nitro benzene ring substituents is 1. The smallest absolute Gasteiger partial charge is 0.292 e. The van der Waals surface area contributed by atoms with Crippen LogP contribution in [0.25, 0.3) is 0 Å². The molecule has 0 aliphatic heterocycles. The van der Waals surface area contributed by atoms with Gasteiger partial charge in [-0.2, -0.15) is 0 Å². The minimum Gasteiger partial charge on any atom is -0.370 e. The zero-order chi connectivity index (χ0) is 10.7. The van der Waals surface area contributed by atoms with Crippen LogP contribution in [0.3, 0.4) is 0 Å². The van der Waals surface area contributed by atoms with E-state index >= 15 is 0 Å².